The molecule has 1 unspecified atom stereocenters. The number of morpholine rings is 1. The first-order valence-electron chi connectivity index (χ1n) is 13.6. The Bertz CT molecular complexity index is 1870. The monoisotopic (exact) mass is 626 g/mol. The Morgan fingerprint density at radius 1 is 1.07 bits per heavy atom. The molecule has 1 fully saturated rings. The maximum atomic E-state index is 14.0. The average molecular weight is 627 g/mol. The van der Waals surface area contributed by atoms with Crippen molar-refractivity contribution in [3.63, 3.8) is 0 Å². The molecule has 0 aliphatic carbocycles. The highest BCUT2D eigenvalue weighted by atomic mass is 35.5. The van der Waals surface area contributed by atoms with E-state index in [4.69, 9.17) is 16.3 Å². The molecule has 0 saturated carbocycles. The van der Waals surface area contributed by atoms with Crippen molar-refractivity contribution in [3.05, 3.63) is 111 Å². The zero-order valence-electron chi connectivity index (χ0n) is 24.4. The van der Waals surface area contributed by atoms with Crippen molar-refractivity contribution in [3.8, 4) is 5.69 Å². The van der Waals surface area contributed by atoms with E-state index in [0.29, 0.717) is 16.9 Å². The third-order valence-corrected chi connectivity index (χ3v) is 10.1. The number of hydrogen-bond donors (Lipinski definition) is 0. The molecule has 0 radical (unpaired) electrons. The predicted octanol–water partition coefficient (Wildman–Crippen LogP) is 5.09. The van der Waals surface area contributed by atoms with Crippen LogP contribution in [-0.4, -0.2) is 54.3 Å². The fraction of sp³-hybridized carbons (Fsp3) is 0.290. The van der Waals surface area contributed by atoms with Crippen molar-refractivity contribution in [2.24, 2.45) is 7.05 Å². The summed E-state index contributed by atoms with van der Waals surface area (Å²) in [5.74, 6) is -0.850. The van der Waals surface area contributed by atoms with Crippen molar-refractivity contribution < 1.29 is 22.3 Å². The Kier molecular flexibility index (Phi) is 8.02. The molecule has 226 valence electrons. The zero-order valence-corrected chi connectivity index (χ0v) is 26.0. The van der Waals surface area contributed by atoms with Gasteiger partial charge in [-0.15, -0.1) is 0 Å². The molecule has 1 aromatic heterocycles. The first-order chi connectivity index (χ1) is 20.2. The molecule has 1 atom stereocenters. The minimum Gasteiger partial charge on any atom is -0.369 e. The summed E-state index contributed by atoms with van der Waals surface area (Å²) in [5, 5.41) is -0.0979. The Labute approximate surface area is 254 Å². The molecule has 2 heterocycles. The Balaban J connectivity index is 1.50. The summed E-state index contributed by atoms with van der Waals surface area (Å²) in [6.07, 6.45) is -0.567. The van der Waals surface area contributed by atoms with Gasteiger partial charge in [-0.05, 0) is 68.8 Å². The van der Waals surface area contributed by atoms with Gasteiger partial charge in [-0.2, -0.15) is 0 Å². The number of carbonyl (C=O) groups excluding carboxylic acids is 1. The van der Waals surface area contributed by atoms with Gasteiger partial charge >= 0.3 is 0 Å². The molecular weight excluding hydrogens is 595 g/mol. The molecule has 4 aromatic rings. The Morgan fingerprint density at radius 2 is 1.77 bits per heavy atom. The van der Waals surface area contributed by atoms with Crippen molar-refractivity contribution in [2.75, 3.05) is 24.5 Å². The van der Waals surface area contributed by atoms with Crippen molar-refractivity contribution in [1.29, 1.82) is 0 Å². The average Bonchev–Trinajstić information content (AvgIpc) is 3.19. The summed E-state index contributed by atoms with van der Waals surface area (Å²) in [7, 11) is -1.44. The molecule has 3 aromatic carbocycles. The van der Waals surface area contributed by atoms with Crippen LogP contribution in [0.3, 0.4) is 0 Å². The third-order valence-electron chi connectivity index (χ3n) is 7.84. The molecule has 5 rings (SSSR count). The van der Waals surface area contributed by atoms with Crippen LogP contribution in [0.5, 0.6) is 0 Å². The van der Waals surface area contributed by atoms with E-state index in [0.717, 1.165) is 4.31 Å². The summed E-state index contributed by atoms with van der Waals surface area (Å²) in [6.45, 7) is 5.64. The Hall–Kier alpha value is -3.93. The predicted molar refractivity (Wildman–Crippen MR) is 163 cm³/mol. The molecule has 12 heteroatoms. The number of amides is 1. The SMILES string of the molecule is Cc1c(N(C)S(=O)(=O)c2cc(C(=O)N3CC(c4cccc(F)c4)OCC3(C)C)ccc2Cl)c(=O)n(-c2ccccc2)n1C. The maximum absolute atomic E-state index is 14.0. The van der Waals surface area contributed by atoms with E-state index in [2.05, 4.69) is 0 Å². The fourth-order valence-corrected chi connectivity index (χ4v) is 7.03. The van der Waals surface area contributed by atoms with Crippen LogP contribution in [0, 0.1) is 12.7 Å². The number of para-hydroxylation sites is 1. The number of ether oxygens (including phenoxy) is 1. The molecule has 1 aliphatic heterocycles. The van der Waals surface area contributed by atoms with Crippen LogP contribution in [0.2, 0.25) is 5.02 Å². The van der Waals surface area contributed by atoms with Crippen LogP contribution in [0.15, 0.2) is 82.5 Å². The summed E-state index contributed by atoms with van der Waals surface area (Å²) in [6, 6.07) is 18.9. The number of aromatic nitrogens is 2. The van der Waals surface area contributed by atoms with Gasteiger partial charge in [-0.3, -0.25) is 18.6 Å². The number of carbonyl (C=O) groups is 1. The third kappa shape index (κ3) is 5.48. The van der Waals surface area contributed by atoms with Crippen LogP contribution in [0.4, 0.5) is 10.1 Å². The smallest absolute Gasteiger partial charge is 0.296 e. The Morgan fingerprint density at radius 3 is 2.44 bits per heavy atom. The second kappa shape index (κ2) is 11.3. The molecule has 1 saturated heterocycles. The molecule has 43 heavy (non-hydrogen) atoms. The van der Waals surface area contributed by atoms with Crippen LogP contribution in [-0.2, 0) is 21.8 Å². The van der Waals surface area contributed by atoms with Crippen molar-refractivity contribution >= 4 is 33.2 Å². The number of halogens is 2. The van der Waals surface area contributed by atoms with Gasteiger partial charge in [-0.1, -0.05) is 41.9 Å². The quantitative estimate of drug-likeness (QED) is 0.297. The van der Waals surface area contributed by atoms with Gasteiger partial charge < -0.3 is 9.64 Å². The van der Waals surface area contributed by atoms with Gasteiger partial charge in [0.25, 0.3) is 21.5 Å². The van der Waals surface area contributed by atoms with E-state index in [9.17, 15) is 22.4 Å². The number of anilines is 1. The normalized spacial score (nSPS) is 16.7. The van der Waals surface area contributed by atoms with Crippen LogP contribution >= 0.6 is 11.6 Å². The fourth-order valence-electron chi connectivity index (χ4n) is 5.29. The number of rotatable bonds is 6. The van der Waals surface area contributed by atoms with Crippen LogP contribution < -0.4 is 9.86 Å². The second-order valence-corrected chi connectivity index (χ2v) is 13.5. The largest absolute Gasteiger partial charge is 0.369 e. The highest BCUT2D eigenvalue weighted by Crippen LogP contribution is 2.34. The van der Waals surface area contributed by atoms with E-state index in [1.54, 1.807) is 60.0 Å². The van der Waals surface area contributed by atoms with Gasteiger partial charge in [-0.25, -0.2) is 17.5 Å². The van der Waals surface area contributed by atoms with Gasteiger partial charge in [0.05, 0.1) is 35.1 Å². The maximum Gasteiger partial charge on any atom is 0.296 e. The first-order valence-corrected chi connectivity index (χ1v) is 15.4. The molecule has 1 aliphatic rings. The van der Waals surface area contributed by atoms with Gasteiger partial charge in [0.2, 0.25) is 0 Å². The topological polar surface area (TPSA) is 93.9 Å². The highest BCUT2D eigenvalue weighted by molar-refractivity contribution is 7.93. The first kappa shape index (κ1) is 30.5. The molecular formula is C31H32ClFN4O5S. The summed E-state index contributed by atoms with van der Waals surface area (Å²) < 4.78 is 51.7. The van der Waals surface area contributed by atoms with Crippen LogP contribution in [0.1, 0.15) is 41.6 Å². The second-order valence-electron chi connectivity index (χ2n) is 11.1. The standard InChI is InChI=1S/C31H32ClFN4O5S/c1-20-28(30(39)37(34(20)4)24-12-7-6-8-13-24)35(5)43(40,41)27-17-22(14-15-25(27)32)29(38)36-18-26(42-19-31(36,2)3)21-10-9-11-23(33)16-21/h6-17,26H,18-19H2,1-5H3. The minimum absolute atomic E-state index is 0.0496. The molecule has 0 spiro atoms. The molecule has 9 nitrogen and oxygen atoms in total. The summed E-state index contributed by atoms with van der Waals surface area (Å²) in [5.41, 5.74) is 0.363. The van der Waals surface area contributed by atoms with Crippen molar-refractivity contribution in [1.82, 2.24) is 14.3 Å². The summed E-state index contributed by atoms with van der Waals surface area (Å²) in [4.78, 5) is 28.7. The van der Waals surface area contributed by atoms with Crippen LogP contribution in [0.25, 0.3) is 5.69 Å². The van der Waals surface area contributed by atoms with Crippen molar-refractivity contribution in [2.45, 2.75) is 37.3 Å². The van der Waals surface area contributed by atoms with E-state index < -0.39 is 38.9 Å². The lowest BCUT2D eigenvalue weighted by Crippen LogP contribution is -2.56. The lowest BCUT2D eigenvalue weighted by Gasteiger charge is -2.45. The number of hydrogen-bond acceptors (Lipinski definition) is 5. The number of nitrogens with zero attached hydrogens (tertiary/aromatic N) is 4. The van der Waals surface area contributed by atoms with E-state index in [1.165, 1.54) is 42.1 Å². The lowest BCUT2D eigenvalue weighted by molar-refractivity contribution is -0.0847. The van der Waals surface area contributed by atoms with Gasteiger partial charge in [0.15, 0.2) is 0 Å². The van der Waals surface area contributed by atoms with E-state index in [-0.39, 0.29) is 34.3 Å². The van der Waals surface area contributed by atoms with E-state index >= 15 is 0 Å². The van der Waals surface area contributed by atoms with E-state index in [1.807, 2.05) is 19.9 Å². The molecule has 0 bridgehead atoms. The molecule has 0 N–H and O–H groups in total. The summed E-state index contributed by atoms with van der Waals surface area (Å²) >= 11 is 6.41. The molecule has 1 amide bonds. The highest BCUT2D eigenvalue weighted by Gasteiger charge is 2.40. The number of benzene rings is 3. The lowest BCUT2D eigenvalue weighted by atomic mass is 9.96. The van der Waals surface area contributed by atoms with Gasteiger partial charge in [0, 0.05) is 19.7 Å². The minimum atomic E-state index is -4.39. The zero-order chi connectivity index (χ0) is 31.3. The number of sulfonamides is 1. The van der Waals surface area contributed by atoms with Gasteiger partial charge in [0.1, 0.15) is 22.5 Å².